The number of nitro groups is 1. The number of thioether (sulfide) groups is 1. The molecule has 1 aliphatic heterocycles. The van der Waals surface area contributed by atoms with Crippen LogP contribution in [0.5, 0.6) is 11.5 Å². The predicted molar refractivity (Wildman–Crippen MR) is 99.0 cm³/mol. The van der Waals surface area contributed by atoms with Gasteiger partial charge in [-0.15, -0.1) is 10.2 Å². The van der Waals surface area contributed by atoms with Gasteiger partial charge in [0.15, 0.2) is 28.6 Å². The highest BCUT2D eigenvalue weighted by Crippen LogP contribution is 2.36. The number of ether oxygens (including phenoxy) is 2. The van der Waals surface area contributed by atoms with Gasteiger partial charge >= 0.3 is 0 Å². The number of nitro benzene ring substituents is 1. The molecule has 1 aliphatic rings. The van der Waals surface area contributed by atoms with Crippen molar-refractivity contribution >= 4 is 17.4 Å². The molecule has 138 valence electrons. The molecule has 4 rings (SSSR count). The number of aromatic nitrogens is 3. The van der Waals surface area contributed by atoms with Crippen molar-refractivity contribution in [2.24, 2.45) is 7.05 Å². The van der Waals surface area contributed by atoms with E-state index in [9.17, 15) is 10.1 Å². The van der Waals surface area contributed by atoms with Crippen LogP contribution in [-0.4, -0.2) is 26.3 Å². The summed E-state index contributed by atoms with van der Waals surface area (Å²) >= 11 is 1.39. The van der Waals surface area contributed by atoms with Gasteiger partial charge in [0.05, 0.1) is 4.92 Å². The van der Waals surface area contributed by atoms with Crippen molar-refractivity contribution < 1.29 is 14.4 Å². The van der Waals surface area contributed by atoms with E-state index in [2.05, 4.69) is 10.2 Å². The Balaban J connectivity index is 1.50. The zero-order valence-corrected chi connectivity index (χ0v) is 15.3. The lowest BCUT2D eigenvalue weighted by Gasteiger charge is -2.25. The van der Waals surface area contributed by atoms with Gasteiger partial charge in [-0.1, -0.05) is 42.1 Å². The topological polar surface area (TPSA) is 92.3 Å². The highest BCUT2D eigenvalue weighted by molar-refractivity contribution is 7.98. The van der Waals surface area contributed by atoms with Crippen LogP contribution in [0.4, 0.5) is 5.69 Å². The number of para-hydroxylation sites is 3. The normalized spacial score (nSPS) is 15.5. The van der Waals surface area contributed by atoms with Crippen LogP contribution >= 0.6 is 11.8 Å². The summed E-state index contributed by atoms with van der Waals surface area (Å²) in [7, 11) is 1.85. The summed E-state index contributed by atoms with van der Waals surface area (Å²) in [4.78, 5) is 10.8. The van der Waals surface area contributed by atoms with Crippen LogP contribution < -0.4 is 9.47 Å². The van der Waals surface area contributed by atoms with Gasteiger partial charge in [-0.05, 0) is 12.1 Å². The molecule has 0 saturated carbocycles. The van der Waals surface area contributed by atoms with E-state index in [-0.39, 0.29) is 16.7 Å². The molecular formula is C18H16N4O4S. The van der Waals surface area contributed by atoms with Crippen molar-refractivity contribution in [2.45, 2.75) is 17.0 Å². The van der Waals surface area contributed by atoms with E-state index in [4.69, 9.17) is 9.47 Å². The second-order valence-electron chi connectivity index (χ2n) is 5.94. The van der Waals surface area contributed by atoms with Gasteiger partial charge in [0.2, 0.25) is 0 Å². The maximum absolute atomic E-state index is 11.1. The summed E-state index contributed by atoms with van der Waals surface area (Å²) in [6.07, 6.45) is -0.363. The Hall–Kier alpha value is -3.07. The zero-order chi connectivity index (χ0) is 18.8. The quantitative estimate of drug-likeness (QED) is 0.377. The molecule has 1 aromatic heterocycles. The van der Waals surface area contributed by atoms with Crippen molar-refractivity contribution in [1.82, 2.24) is 14.8 Å². The molecule has 1 atom stereocenters. The SMILES string of the molecule is Cn1c(SCc2ccccc2[N+](=O)[O-])nnc1C1COc2ccccc2O1. The summed E-state index contributed by atoms with van der Waals surface area (Å²) in [6.45, 7) is 0.345. The minimum Gasteiger partial charge on any atom is -0.485 e. The summed E-state index contributed by atoms with van der Waals surface area (Å²) in [6, 6.07) is 14.2. The monoisotopic (exact) mass is 384 g/mol. The fourth-order valence-corrected chi connectivity index (χ4v) is 3.75. The van der Waals surface area contributed by atoms with Crippen molar-refractivity contribution in [3.05, 3.63) is 70.0 Å². The van der Waals surface area contributed by atoms with Gasteiger partial charge in [-0.2, -0.15) is 0 Å². The van der Waals surface area contributed by atoms with E-state index >= 15 is 0 Å². The van der Waals surface area contributed by atoms with Crippen LogP contribution in [0.2, 0.25) is 0 Å². The summed E-state index contributed by atoms with van der Waals surface area (Å²) in [5.74, 6) is 2.45. The standard InChI is InChI=1S/C18H16N4O4S/c1-21-17(16-10-25-14-8-4-5-9-15(14)26-16)19-20-18(21)27-11-12-6-2-3-7-13(12)22(23)24/h2-9,16H,10-11H2,1H3. The molecule has 0 bridgehead atoms. The fourth-order valence-electron chi connectivity index (χ4n) is 2.83. The molecule has 2 aromatic carbocycles. The maximum atomic E-state index is 11.1. The average molecular weight is 384 g/mol. The van der Waals surface area contributed by atoms with E-state index in [1.807, 2.05) is 35.9 Å². The third-order valence-corrected chi connectivity index (χ3v) is 5.28. The molecular weight excluding hydrogens is 368 g/mol. The van der Waals surface area contributed by atoms with Crippen LogP contribution in [0.15, 0.2) is 53.7 Å². The lowest BCUT2D eigenvalue weighted by Crippen LogP contribution is -2.24. The maximum Gasteiger partial charge on any atom is 0.273 e. The number of rotatable bonds is 5. The van der Waals surface area contributed by atoms with E-state index in [1.165, 1.54) is 17.8 Å². The Morgan fingerprint density at radius 2 is 1.93 bits per heavy atom. The fraction of sp³-hybridized carbons (Fsp3) is 0.222. The lowest BCUT2D eigenvalue weighted by atomic mass is 10.2. The Morgan fingerprint density at radius 1 is 1.19 bits per heavy atom. The highest BCUT2D eigenvalue weighted by Gasteiger charge is 2.27. The minimum atomic E-state index is -0.372. The number of nitrogens with zero attached hydrogens (tertiary/aromatic N) is 4. The molecule has 0 fully saturated rings. The molecule has 27 heavy (non-hydrogen) atoms. The molecule has 0 aliphatic carbocycles. The molecule has 0 radical (unpaired) electrons. The number of fused-ring (bicyclic) bond motifs is 1. The second kappa shape index (κ2) is 7.28. The average Bonchev–Trinajstić information content (AvgIpc) is 3.06. The summed E-state index contributed by atoms with van der Waals surface area (Å²) in [5, 5.41) is 20.2. The van der Waals surface area contributed by atoms with Crippen molar-refractivity contribution in [3.8, 4) is 11.5 Å². The van der Waals surface area contributed by atoms with Crippen LogP contribution in [-0.2, 0) is 12.8 Å². The van der Waals surface area contributed by atoms with Crippen molar-refractivity contribution in [1.29, 1.82) is 0 Å². The second-order valence-corrected chi connectivity index (χ2v) is 6.88. The van der Waals surface area contributed by atoms with Crippen LogP contribution in [0, 0.1) is 10.1 Å². The van der Waals surface area contributed by atoms with Crippen LogP contribution in [0.25, 0.3) is 0 Å². The Labute approximate surface area is 159 Å². The van der Waals surface area contributed by atoms with Crippen LogP contribution in [0.1, 0.15) is 17.5 Å². The number of hydrogen-bond acceptors (Lipinski definition) is 7. The molecule has 0 spiro atoms. The molecule has 8 nitrogen and oxygen atoms in total. The lowest BCUT2D eigenvalue weighted by molar-refractivity contribution is -0.385. The number of hydrogen-bond donors (Lipinski definition) is 0. The third kappa shape index (κ3) is 3.45. The largest absolute Gasteiger partial charge is 0.485 e. The van der Waals surface area contributed by atoms with Crippen molar-refractivity contribution in [3.63, 3.8) is 0 Å². The first-order valence-corrected chi connectivity index (χ1v) is 9.25. The Morgan fingerprint density at radius 3 is 2.74 bits per heavy atom. The minimum absolute atomic E-state index is 0.105. The van der Waals surface area contributed by atoms with Gasteiger partial charge in [0, 0.05) is 24.4 Å². The van der Waals surface area contributed by atoms with Gasteiger partial charge in [0.25, 0.3) is 5.69 Å². The summed E-state index contributed by atoms with van der Waals surface area (Å²) in [5.41, 5.74) is 0.747. The zero-order valence-electron chi connectivity index (χ0n) is 14.4. The molecule has 0 N–H and O–H groups in total. The Kier molecular flexibility index (Phi) is 4.68. The molecule has 1 unspecified atom stereocenters. The van der Waals surface area contributed by atoms with E-state index in [0.717, 1.165) is 0 Å². The van der Waals surface area contributed by atoms with Gasteiger partial charge in [-0.25, -0.2) is 0 Å². The molecule has 0 amide bonds. The first kappa shape index (κ1) is 17.3. The van der Waals surface area contributed by atoms with Gasteiger partial charge in [-0.3, -0.25) is 10.1 Å². The molecule has 0 saturated heterocycles. The van der Waals surface area contributed by atoms with Gasteiger partial charge in [0.1, 0.15) is 6.61 Å². The number of benzene rings is 2. The van der Waals surface area contributed by atoms with E-state index in [1.54, 1.807) is 18.2 Å². The molecule has 9 heteroatoms. The van der Waals surface area contributed by atoms with Crippen molar-refractivity contribution in [2.75, 3.05) is 6.61 Å². The first-order chi connectivity index (χ1) is 13.1. The molecule has 2 heterocycles. The molecule has 3 aromatic rings. The smallest absolute Gasteiger partial charge is 0.273 e. The third-order valence-electron chi connectivity index (χ3n) is 4.21. The van der Waals surface area contributed by atoms with E-state index < -0.39 is 0 Å². The first-order valence-electron chi connectivity index (χ1n) is 8.26. The van der Waals surface area contributed by atoms with E-state index in [0.29, 0.717) is 40.4 Å². The summed E-state index contributed by atoms with van der Waals surface area (Å²) < 4.78 is 13.6. The highest BCUT2D eigenvalue weighted by atomic mass is 32.2. The predicted octanol–water partition coefficient (Wildman–Crippen LogP) is 3.53. The van der Waals surface area contributed by atoms with Crippen LogP contribution in [0.3, 0.4) is 0 Å². The Bertz CT molecular complexity index is 991. The van der Waals surface area contributed by atoms with Gasteiger partial charge < -0.3 is 14.0 Å².